The molecule has 23 heavy (non-hydrogen) atoms. The average Bonchev–Trinajstić information content (AvgIpc) is 2.97. The first-order valence-corrected chi connectivity index (χ1v) is 7.66. The predicted octanol–water partition coefficient (Wildman–Crippen LogP) is 2.57. The first kappa shape index (κ1) is 15.5. The second-order valence-corrected chi connectivity index (χ2v) is 6.69. The monoisotopic (exact) mass is 315 g/mol. The highest BCUT2D eigenvalue weighted by atomic mass is 16.5. The van der Waals surface area contributed by atoms with E-state index in [2.05, 4.69) is 30.7 Å². The molecule has 0 fully saturated rings. The number of nitrogens with zero attached hydrogens (tertiary/aromatic N) is 3. The largest absolute Gasteiger partial charge is 0.494 e. The highest BCUT2D eigenvalue weighted by molar-refractivity contribution is 5.96. The van der Waals surface area contributed by atoms with Crippen LogP contribution < -0.4 is 4.74 Å². The van der Waals surface area contributed by atoms with E-state index in [0.717, 1.165) is 17.3 Å². The van der Waals surface area contributed by atoms with Gasteiger partial charge >= 0.3 is 0 Å². The van der Waals surface area contributed by atoms with Gasteiger partial charge in [0.05, 0.1) is 25.4 Å². The zero-order valence-corrected chi connectivity index (χ0v) is 13.9. The van der Waals surface area contributed by atoms with E-state index in [0.29, 0.717) is 30.8 Å². The van der Waals surface area contributed by atoms with Crippen molar-refractivity contribution < 1.29 is 13.9 Å². The van der Waals surface area contributed by atoms with Gasteiger partial charge in [0.1, 0.15) is 17.2 Å². The van der Waals surface area contributed by atoms with Gasteiger partial charge in [-0.25, -0.2) is 4.98 Å². The molecule has 0 N–H and O–H groups in total. The Hall–Kier alpha value is -2.37. The number of carbonyl (C=O) groups is 1. The molecule has 0 spiro atoms. The van der Waals surface area contributed by atoms with Gasteiger partial charge in [-0.1, -0.05) is 20.8 Å². The molecule has 1 aliphatic rings. The topological polar surface area (TPSA) is 68.5 Å². The third kappa shape index (κ3) is 2.93. The van der Waals surface area contributed by atoms with Crippen LogP contribution in [0.5, 0.6) is 5.75 Å². The normalized spacial score (nSPS) is 14.5. The van der Waals surface area contributed by atoms with E-state index in [-0.39, 0.29) is 11.3 Å². The van der Waals surface area contributed by atoms with Crippen molar-refractivity contribution in [1.29, 1.82) is 0 Å². The van der Waals surface area contributed by atoms with Crippen LogP contribution in [0.25, 0.3) is 0 Å². The summed E-state index contributed by atoms with van der Waals surface area (Å²) in [5.41, 5.74) is 1.23. The standard InChI is InChI=1S/C17H21N3O3/c1-17(2,3)16-19-12-10-20(8-6-13(12)23-16)15(21)11-5-7-18-9-14(11)22-4/h5,7,9H,6,8,10H2,1-4H3. The minimum absolute atomic E-state index is 0.0739. The lowest BCUT2D eigenvalue weighted by Crippen LogP contribution is -2.36. The molecule has 0 saturated heterocycles. The van der Waals surface area contributed by atoms with Crippen molar-refractivity contribution in [3.63, 3.8) is 0 Å². The van der Waals surface area contributed by atoms with Crippen LogP contribution in [-0.4, -0.2) is 34.4 Å². The first-order chi connectivity index (χ1) is 10.9. The van der Waals surface area contributed by atoms with Crippen molar-refractivity contribution in [2.75, 3.05) is 13.7 Å². The minimum atomic E-state index is -0.138. The SMILES string of the molecule is COc1cnccc1C(=O)N1CCc2oc(C(C)(C)C)nc2C1. The third-order valence-electron chi connectivity index (χ3n) is 3.89. The van der Waals surface area contributed by atoms with Crippen LogP contribution >= 0.6 is 0 Å². The highest BCUT2D eigenvalue weighted by Crippen LogP contribution is 2.28. The molecule has 0 saturated carbocycles. The molecule has 0 aromatic carbocycles. The number of ether oxygens (including phenoxy) is 1. The molecule has 2 aromatic rings. The Labute approximate surface area is 135 Å². The predicted molar refractivity (Wildman–Crippen MR) is 84.4 cm³/mol. The molecule has 0 bridgehead atoms. The average molecular weight is 315 g/mol. The lowest BCUT2D eigenvalue weighted by atomic mass is 9.97. The molecule has 3 heterocycles. The summed E-state index contributed by atoms with van der Waals surface area (Å²) in [5.74, 6) is 2.02. The lowest BCUT2D eigenvalue weighted by molar-refractivity contribution is 0.0724. The van der Waals surface area contributed by atoms with Gasteiger partial charge in [-0.15, -0.1) is 0 Å². The van der Waals surface area contributed by atoms with Gasteiger partial charge in [0, 0.05) is 24.6 Å². The second-order valence-electron chi connectivity index (χ2n) is 6.69. The van der Waals surface area contributed by atoms with Crippen molar-refractivity contribution in [2.24, 2.45) is 0 Å². The van der Waals surface area contributed by atoms with Crippen LogP contribution in [0.15, 0.2) is 22.9 Å². The third-order valence-corrected chi connectivity index (χ3v) is 3.89. The second kappa shape index (κ2) is 5.68. The Morgan fingerprint density at radius 1 is 1.39 bits per heavy atom. The first-order valence-electron chi connectivity index (χ1n) is 7.66. The summed E-state index contributed by atoms with van der Waals surface area (Å²) >= 11 is 0. The number of hydrogen-bond donors (Lipinski definition) is 0. The molecular weight excluding hydrogens is 294 g/mol. The number of rotatable bonds is 2. The maximum Gasteiger partial charge on any atom is 0.258 e. The molecule has 0 atom stereocenters. The van der Waals surface area contributed by atoms with Gasteiger partial charge in [0.2, 0.25) is 0 Å². The van der Waals surface area contributed by atoms with Crippen LogP contribution in [-0.2, 0) is 18.4 Å². The maximum atomic E-state index is 12.8. The van der Waals surface area contributed by atoms with Crippen molar-refractivity contribution in [3.8, 4) is 5.75 Å². The molecule has 0 aliphatic carbocycles. The number of fused-ring (bicyclic) bond motifs is 1. The Kier molecular flexibility index (Phi) is 3.83. The van der Waals surface area contributed by atoms with Crippen molar-refractivity contribution in [1.82, 2.24) is 14.9 Å². The van der Waals surface area contributed by atoms with E-state index in [1.54, 1.807) is 23.4 Å². The number of carbonyl (C=O) groups excluding carboxylic acids is 1. The van der Waals surface area contributed by atoms with E-state index >= 15 is 0 Å². The molecule has 1 amide bonds. The van der Waals surface area contributed by atoms with Gasteiger partial charge < -0.3 is 14.1 Å². The Bertz CT molecular complexity index is 731. The summed E-state index contributed by atoms with van der Waals surface area (Å²) in [5, 5.41) is 0. The summed E-state index contributed by atoms with van der Waals surface area (Å²) in [6.07, 6.45) is 3.83. The fraction of sp³-hybridized carbons (Fsp3) is 0.471. The lowest BCUT2D eigenvalue weighted by Gasteiger charge is -2.25. The van der Waals surface area contributed by atoms with Crippen LogP contribution in [0.3, 0.4) is 0 Å². The number of aromatic nitrogens is 2. The van der Waals surface area contributed by atoms with Crippen molar-refractivity contribution in [2.45, 2.75) is 39.2 Å². The van der Waals surface area contributed by atoms with E-state index in [1.165, 1.54) is 7.11 Å². The van der Waals surface area contributed by atoms with Gasteiger partial charge in [0.25, 0.3) is 5.91 Å². The van der Waals surface area contributed by atoms with E-state index < -0.39 is 0 Å². The molecule has 2 aromatic heterocycles. The summed E-state index contributed by atoms with van der Waals surface area (Å²) in [6.45, 7) is 7.26. The Morgan fingerprint density at radius 2 is 2.17 bits per heavy atom. The molecular formula is C17H21N3O3. The van der Waals surface area contributed by atoms with Gasteiger partial charge in [-0.05, 0) is 6.07 Å². The summed E-state index contributed by atoms with van der Waals surface area (Å²) in [6, 6.07) is 1.68. The fourth-order valence-electron chi connectivity index (χ4n) is 2.58. The molecule has 6 heteroatoms. The van der Waals surface area contributed by atoms with E-state index in [1.807, 2.05) is 0 Å². The van der Waals surface area contributed by atoms with Crippen molar-refractivity contribution in [3.05, 3.63) is 41.4 Å². The van der Waals surface area contributed by atoms with Gasteiger partial charge in [0.15, 0.2) is 5.89 Å². The Balaban J connectivity index is 1.84. The molecule has 3 rings (SSSR count). The van der Waals surface area contributed by atoms with E-state index in [9.17, 15) is 4.79 Å². The number of pyridine rings is 1. The van der Waals surface area contributed by atoms with Crippen LogP contribution in [0, 0.1) is 0 Å². The summed E-state index contributed by atoms with van der Waals surface area (Å²) in [4.78, 5) is 23.1. The highest BCUT2D eigenvalue weighted by Gasteiger charge is 2.30. The molecule has 122 valence electrons. The Morgan fingerprint density at radius 3 is 2.87 bits per heavy atom. The van der Waals surface area contributed by atoms with Crippen LogP contribution in [0.1, 0.15) is 48.5 Å². The van der Waals surface area contributed by atoms with Gasteiger partial charge in [-0.3, -0.25) is 9.78 Å². The number of methoxy groups -OCH3 is 1. The number of oxazole rings is 1. The fourth-order valence-corrected chi connectivity index (χ4v) is 2.58. The zero-order chi connectivity index (χ0) is 16.6. The molecule has 0 radical (unpaired) electrons. The molecule has 1 aliphatic heterocycles. The zero-order valence-electron chi connectivity index (χ0n) is 13.9. The maximum absolute atomic E-state index is 12.8. The quantitative estimate of drug-likeness (QED) is 0.852. The smallest absolute Gasteiger partial charge is 0.258 e. The summed E-state index contributed by atoms with van der Waals surface area (Å²) < 4.78 is 11.1. The van der Waals surface area contributed by atoms with Crippen LogP contribution in [0.4, 0.5) is 0 Å². The molecule has 0 unspecified atom stereocenters. The summed E-state index contributed by atoms with van der Waals surface area (Å²) in [7, 11) is 1.54. The van der Waals surface area contributed by atoms with Crippen LogP contribution in [0.2, 0.25) is 0 Å². The minimum Gasteiger partial charge on any atom is -0.494 e. The van der Waals surface area contributed by atoms with E-state index in [4.69, 9.17) is 9.15 Å². The number of amides is 1. The van der Waals surface area contributed by atoms with Gasteiger partial charge in [-0.2, -0.15) is 0 Å². The molecule has 6 nitrogen and oxygen atoms in total. The number of hydrogen-bond acceptors (Lipinski definition) is 5. The van der Waals surface area contributed by atoms with Crippen molar-refractivity contribution >= 4 is 5.91 Å².